The lowest BCUT2D eigenvalue weighted by molar-refractivity contribution is -0.163. The summed E-state index contributed by atoms with van der Waals surface area (Å²) in [7, 11) is 0. The van der Waals surface area contributed by atoms with Crippen LogP contribution in [0.25, 0.3) is 0 Å². The van der Waals surface area contributed by atoms with Crippen molar-refractivity contribution < 1.29 is 37.4 Å². The Morgan fingerprint density at radius 2 is 1.71 bits per heavy atom. The van der Waals surface area contributed by atoms with Gasteiger partial charge in [0.15, 0.2) is 6.10 Å². The summed E-state index contributed by atoms with van der Waals surface area (Å²) in [6.45, 7) is -0.623. The number of benzene rings is 1. The maximum atomic E-state index is 13.7. The van der Waals surface area contributed by atoms with E-state index in [0.29, 0.717) is 0 Å². The van der Waals surface area contributed by atoms with Gasteiger partial charge in [0.25, 0.3) is 0 Å². The van der Waals surface area contributed by atoms with Crippen molar-refractivity contribution in [2.45, 2.75) is 18.1 Å². The lowest BCUT2D eigenvalue weighted by Gasteiger charge is -2.21. The molecule has 2 aliphatic rings. The van der Waals surface area contributed by atoms with Crippen LogP contribution in [0.3, 0.4) is 0 Å². The molecule has 2 heterocycles. The summed E-state index contributed by atoms with van der Waals surface area (Å²) in [5, 5.41) is 0. The summed E-state index contributed by atoms with van der Waals surface area (Å²) in [6, 6.07) is 5.25. The Morgan fingerprint density at radius 3 is 2.43 bits per heavy atom. The van der Waals surface area contributed by atoms with E-state index in [2.05, 4.69) is 9.47 Å². The first kappa shape index (κ1) is 13.5. The molecule has 3 rings (SSSR count). The third kappa shape index (κ3) is 2.12. The van der Waals surface area contributed by atoms with Crippen molar-refractivity contribution in [1.29, 1.82) is 0 Å². The molecule has 1 aromatic rings. The normalized spacial score (nSPS) is 27.2. The van der Waals surface area contributed by atoms with Crippen LogP contribution in [-0.4, -0.2) is 42.6 Å². The van der Waals surface area contributed by atoms with E-state index in [1.165, 1.54) is 24.3 Å². The van der Waals surface area contributed by atoms with Crippen molar-refractivity contribution in [3.63, 3.8) is 0 Å². The molecule has 110 valence electrons. The molecular weight excluding hydrogens is 290 g/mol. The Bertz CT molecular complexity index is 641. The lowest BCUT2D eigenvalue weighted by atomic mass is 10.1. The molecule has 0 aliphatic carbocycles. The number of fused-ring (bicyclic) bond motifs is 3. The average molecular weight is 298 g/mol. The number of halogens is 2. The van der Waals surface area contributed by atoms with E-state index < -0.39 is 42.6 Å². The van der Waals surface area contributed by atoms with E-state index in [1.807, 2.05) is 0 Å². The molecule has 2 aliphatic heterocycles. The van der Waals surface area contributed by atoms with Gasteiger partial charge in [-0.05, 0) is 18.2 Å². The first-order valence-electron chi connectivity index (χ1n) is 5.96. The molecule has 8 heteroatoms. The van der Waals surface area contributed by atoms with E-state index in [9.17, 15) is 23.2 Å². The molecule has 0 aromatic heterocycles. The van der Waals surface area contributed by atoms with Gasteiger partial charge in [0.05, 0.1) is 11.1 Å². The fraction of sp³-hybridized carbons (Fsp3) is 0.308. The van der Waals surface area contributed by atoms with Crippen LogP contribution in [0, 0.1) is 0 Å². The van der Waals surface area contributed by atoms with Gasteiger partial charge in [-0.3, -0.25) is 0 Å². The summed E-state index contributed by atoms with van der Waals surface area (Å²) in [5.41, 5.74) is -0.0285. The van der Waals surface area contributed by atoms with Crippen molar-refractivity contribution in [3.05, 3.63) is 35.4 Å². The molecule has 2 atom stereocenters. The Balaban J connectivity index is 2.01. The fourth-order valence-electron chi connectivity index (χ4n) is 2.10. The number of carbonyl (C=O) groups is 3. The molecule has 0 saturated carbocycles. The van der Waals surface area contributed by atoms with Crippen LogP contribution in [0.4, 0.5) is 8.78 Å². The highest BCUT2D eigenvalue weighted by molar-refractivity contribution is 5.96. The topological polar surface area (TPSA) is 78.9 Å². The Hall–Kier alpha value is -2.51. The highest BCUT2D eigenvalue weighted by atomic mass is 19.3. The van der Waals surface area contributed by atoms with Gasteiger partial charge >= 0.3 is 23.8 Å². The van der Waals surface area contributed by atoms with E-state index in [1.54, 1.807) is 0 Å². The smallest absolute Gasteiger partial charge is 0.382 e. The number of ether oxygens (including phenoxy) is 3. The summed E-state index contributed by atoms with van der Waals surface area (Å²) in [6.07, 6.45) is -3.67. The first-order chi connectivity index (χ1) is 9.89. The summed E-state index contributed by atoms with van der Waals surface area (Å²) < 4.78 is 41.3. The SMILES string of the molecule is O=C1OC[C@H]2OC(=O)C(F)(F)[C@@H]2OC(=O)c2cccc1c2. The van der Waals surface area contributed by atoms with Gasteiger partial charge in [0.1, 0.15) is 6.61 Å². The standard InChI is InChI=1S/C13H8F2O6/c14-13(15)9-8(20-12(13)18)5-19-10(16)6-2-1-3-7(4-6)11(17)21-9/h1-4,8-9H,5H2/t8-,9-/m1/s1. The lowest BCUT2D eigenvalue weighted by Crippen LogP contribution is -2.43. The monoisotopic (exact) mass is 298 g/mol. The van der Waals surface area contributed by atoms with Crippen molar-refractivity contribution in [3.8, 4) is 0 Å². The third-order valence-corrected chi connectivity index (χ3v) is 3.17. The van der Waals surface area contributed by atoms with Gasteiger partial charge in [-0.1, -0.05) is 6.07 Å². The van der Waals surface area contributed by atoms with Crippen LogP contribution in [0.1, 0.15) is 20.7 Å². The largest absolute Gasteiger partial charge is 0.458 e. The molecule has 0 radical (unpaired) electrons. The molecule has 0 amide bonds. The second-order valence-electron chi connectivity index (χ2n) is 4.57. The third-order valence-electron chi connectivity index (χ3n) is 3.17. The van der Waals surface area contributed by atoms with Crippen molar-refractivity contribution in [1.82, 2.24) is 0 Å². The zero-order chi connectivity index (χ0) is 15.2. The van der Waals surface area contributed by atoms with Crippen molar-refractivity contribution in [2.75, 3.05) is 6.61 Å². The second-order valence-corrected chi connectivity index (χ2v) is 4.57. The minimum absolute atomic E-state index is 0.0685. The summed E-state index contributed by atoms with van der Waals surface area (Å²) in [5.74, 6) is -7.67. The van der Waals surface area contributed by atoms with Crippen LogP contribution in [0.15, 0.2) is 24.3 Å². The highest BCUT2D eigenvalue weighted by Crippen LogP contribution is 2.35. The van der Waals surface area contributed by atoms with Gasteiger partial charge < -0.3 is 14.2 Å². The Kier molecular flexibility index (Phi) is 2.89. The van der Waals surface area contributed by atoms with Gasteiger partial charge in [0, 0.05) is 0 Å². The Labute approximate surface area is 116 Å². The number of carbonyl (C=O) groups excluding carboxylic acids is 3. The van der Waals surface area contributed by atoms with Crippen LogP contribution in [0.5, 0.6) is 0 Å². The van der Waals surface area contributed by atoms with E-state index in [4.69, 9.17) is 4.74 Å². The molecule has 0 unspecified atom stereocenters. The van der Waals surface area contributed by atoms with Crippen LogP contribution < -0.4 is 0 Å². The molecule has 2 bridgehead atoms. The predicted molar refractivity (Wildman–Crippen MR) is 60.8 cm³/mol. The number of esters is 3. The number of rotatable bonds is 0. The average Bonchev–Trinajstić information content (AvgIpc) is 2.67. The fourth-order valence-corrected chi connectivity index (χ4v) is 2.10. The van der Waals surface area contributed by atoms with E-state index in [-0.39, 0.29) is 11.1 Å². The van der Waals surface area contributed by atoms with Crippen LogP contribution in [-0.2, 0) is 19.0 Å². The molecule has 0 N–H and O–H groups in total. The molecule has 1 fully saturated rings. The maximum absolute atomic E-state index is 13.7. The first-order valence-corrected chi connectivity index (χ1v) is 5.96. The van der Waals surface area contributed by atoms with Gasteiger partial charge in [-0.2, -0.15) is 8.78 Å². The predicted octanol–water partition coefficient (Wildman–Crippen LogP) is 0.943. The minimum Gasteiger partial charge on any atom is -0.458 e. The summed E-state index contributed by atoms with van der Waals surface area (Å²) in [4.78, 5) is 34.7. The van der Waals surface area contributed by atoms with Crippen molar-refractivity contribution >= 4 is 17.9 Å². The zero-order valence-electron chi connectivity index (χ0n) is 10.4. The van der Waals surface area contributed by atoms with E-state index >= 15 is 0 Å². The minimum atomic E-state index is -3.98. The van der Waals surface area contributed by atoms with Gasteiger partial charge in [-0.25, -0.2) is 14.4 Å². The number of cyclic esters (lactones) is 1. The van der Waals surface area contributed by atoms with Gasteiger partial charge in [0.2, 0.25) is 6.10 Å². The second kappa shape index (κ2) is 4.51. The molecule has 21 heavy (non-hydrogen) atoms. The van der Waals surface area contributed by atoms with Crippen molar-refractivity contribution in [2.24, 2.45) is 0 Å². The molecule has 0 spiro atoms. The van der Waals surface area contributed by atoms with Gasteiger partial charge in [-0.15, -0.1) is 0 Å². The zero-order valence-corrected chi connectivity index (χ0v) is 10.4. The molecule has 1 aromatic carbocycles. The highest BCUT2D eigenvalue weighted by Gasteiger charge is 2.63. The Morgan fingerprint density at radius 1 is 1.05 bits per heavy atom. The van der Waals surface area contributed by atoms with Crippen LogP contribution in [0.2, 0.25) is 0 Å². The van der Waals surface area contributed by atoms with Crippen LogP contribution >= 0.6 is 0 Å². The van der Waals surface area contributed by atoms with E-state index in [0.717, 1.165) is 0 Å². The quantitative estimate of drug-likeness (QED) is 0.524. The number of hydrogen-bond donors (Lipinski definition) is 0. The number of hydrogen-bond acceptors (Lipinski definition) is 6. The molecule has 6 nitrogen and oxygen atoms in total. The number of alkyl halides is 2. The summed E-state index contributed by atoms with van der Waals surface area (Å²) >= 11 is 0. The molecule has 1 saturated heterocycles. The maximum Gasteiger partial charge on any atom is 0.382 e. The molecular formula is C13H8F2O6.